The zero-order valence-electron chi connectivity index (χ0n) is 11.9. The summed E-state index contributed by atoms with van der Waals surface area (Å²) in [5.74, 6) is -0.139. The number of nitrogens with two attached hydrogens (primary N) is 2. The summed E-state index contributed by atoms with van der Waals surface area (Å²) in [6, 6.07) is 5.71. The number of carbonyl (C=O) groups excluding carboxylic acids is 1. The topological polar surface area (TPSA) is 81.5 Å². The molecule has 0 aromatic heterocycles. The zero-order chi connectivity index (χ0) is 14.4. The van der Waals surface area contributed by atoms with Gasteiger partial charge in [-0.1, -0.05) is 33.3 Å². The van der Waals surface area contributed by atoms with Crippen molar-refractivity contribution in [3.63, 3.8) is 0 Å². The summed E-state index contributed by atoms with van der Waals surface area (Å²) in [5, 5.41) is 0. The van der Waals surface area contributed by atoms with Gasteiger partial charge in [-0.2, -0.15) is 4.99 Å². The molecule has 0 spiro atoms. The second kappa shape index (κ2) is 6.92. The molecule has 0 unspecified atom stereocenters. The Bertz CT molecular complexity index is 474. The molecule has 1 rings (SSSR count). The minimum absolute atomic E-state index is 0.201. The third kappa shape index (κ3) is 4.39. The van der Waals surface area contributed by atoms with Gasteiger partial charge >= 0.3 is 0 Å². The Morgan fingerprint density at radius 3 is 2.53 bits per heavy atom. The number of hydrogen-bond donors (Lipinski definition) is 2. The van der Waals surface area contributed by atoms with Gasteiger partial charge in [0.05, 0.1) is 0 Å². The van der Waals surface area contributed by atoms with E-state index in [1.807, 2.05) is 12.1 Å². The van der Waals surface area contributed by atoms with E-state index in [1.54, 1.807) is 6.07 Å². The van der Waals surface area contributed by atoms with Gasteiger partial charge in [-0.25, -0.2) is 0 Å². The lowest BCUT2D eigenvalue weighted by atomic mass is 9.92. The van der Waals surface area contributed by atoms with Crippen LogP contribution in [-0.4, -0.2) is 11.9 Å². The van der Waals surface area contributed by atoms with Crippen LogP contribution >= 0.6 is 0 Å². The van der Waals surface area contributed by atoms with Crippen LogP contribution in [0, 0.1) is 0 Å². The number of unbranched alkanes of at least 4 members (excludes halogenated alkanes) is 1. The molecule has 0 radical (unpaired) electrons. The Balaban J connectivity index is 3.10. The molecule has 4 N–H and O–H groups in total. The molecule has 0 saturated heterocycles. The fourth-order valence-corrected chi connectivity index (χ4v) is 2.07. The molecule has 0 aliphatic heterocycles. The molecular formula is C15H23N3O. The summed E-state index contributed by atoms with van der Waals surface area (Å²) < 4.78 is 0. The van der Waals surface area contributed by atoms with Crippen LogP contribution in [0.15, 0.2) is 23.2 Å². The Labute approximate surface area is 114 Å². The summed E-state index contributed by atoms with van der Waals surface area (Å²) >= 11 is 0. The minimum Gasteiger partial charge on any atom is -0.370 e. The lowest BCUT2D eigenvalue weighted by Crippen LogP contribution is -2.24. The van der Waals surface area contributed by atoms with E-state index in [4.69, 9.17) is 11.5 Å². The van der Waals surface area contributed by atoms with Crippen molar-refractivity contribution in [1.82, 2.24) is 0 Å². The number of aryl methyl sites for hydroxylation is 1. The van der Waals surface area contributed by atoms with Crippen molar-refractivity contribution in [1.29, 1.82) is 0 Å². The third-order valence-electron chi connectivity index (χ3n) is 3.04. The maximum Gasteiger partial charge on any atom is 0.280 e. The van der Waals surface area contributed by atoms with Crippen LogP contribution in [0.2, 0.25) is 0 Å². The number of carbonyl (C=O) groups is 1. The van der Waals surface area contributed by atoms with Crippen LogP contribution in [0.5, 0.6) is 0 Å². The van der Waals surface area contributed by atoms with Crippen molar-refractivity contribution >= 4 is 11.9 Å². The monoisotopic (exact) mass is 261 g/mol. The minimum atomic E-state index is -0.381. The van der Waals surface area contributed by atoms with Crippen molar-refractivity contribution in [3.8, 4) is 0 Å². The molecule has 0 aliphatic rings. The second-order valence-corrected chi connectivity index (χ2v) is 5.01. The van der Waals surface area contributed by atoms with E-state index in [1.165, 1.54) is 11.1 Å². The van der Waals surface area contributed by atoms with Crippen molar-refractivity contribution in [2.24, 2.45) is 16.5 Å². The fourth-order valence-electron chi connectivity index (χ4n) is 2.07. The zero-order valence-corrected chi connectivity index (χ0v) is 11.9. The largest absolute Gasteiger partial charge is 0.370 e. The third-order valence-corrected chi connectivity index (χ3v) is 3.04. The maximum atomic E-state index is 11.8. The van der Waals surface area contributed by atoms with Gasteiger partial charge in [0.15, 0.2) is 5.96 Å². The number of aliphatic imine (C=N–C) groups is 1. The van der Waals surface area contributed by atoms with E-state index < -0.39 is 0 Å². The summed E-state index contributed by atoms with van der Waals surface area (Å²) in [7, 11) is 0. The van der Waals surface area contributed by atoms with Gasteiger partial charge in [-0.3, -0.25) is 4.79 Å². The van der Waals surface area contributed by atoms with Crippen LogP contribution in [-0.2, 0) is 6.42 Å². The van der Waals surface area contributed by atoms with Crippen LogP contribution in [0.25, 0.3) is 0 Å². The summed E-state index contributed by atoms with van der Waals surface area (Å²) in [6.07, 6.45) is 3.22. The van der Waals surface area contributed by atoms with E-state index in [9.17, 15) is 4.79 Å². The number of benzene rings is 1. The molecule has 0 atom stereocenters. The predicted octanol–water partition coefficient (Wildman–Crippen LogP) is 2.57. The van der Waals surface area contributed by atoms with Gasteiger partial charge < -0.3 is 11.5 Å². The molecule has 0 aliphatic carbocycles. The highest BCUT2D eigenvalue weighted by atomic mass is 16.1. The first kappa shape index (κ1) is 15.2. The lowest BCUT2D eigenvalue weighted by Gasteiger charge is -2.13. The van der Waals surface area contributed by atoms with E-state index in [0.29, 0.717) is 11.5 Å². The molecule has 1 aromatic rings. The molecule has 1 amide bonds. The maximum absolute atomic E-state index is 11.8. The van der Waals surface area contributed by atoms with E-state index in [-0.39, 0.29) is 11.9 Å². The molecule has 0 bridgehead atoms. The molecular weight excluding hydrogens is 238 g/mol. The Morgan fingerprint density at radius 2 is 2.00 bits per heavy atom. The highest BCUT2D eigenvalue weighted by Gasteiger charge is 2.11. The number of rotatable bonds is 5. The smallest absolute Gasteiger partial charge is 0.280 e. The average molecular weight is 261 g/mol. The first-order valence-electron chi connectivity index (χ1n) is 6.72. The van der Waals surface area contributed by atoms with Crippen LogP contribution in [0.3, 0.4) is 0 Å². The molecule has 0 saturated carbocycles. The van der Waals surface area contributed by atoms with Crippen LogP contribution in [0.1, 0.15) is 61.0 Å². The molecule has 1 aromatic carbocycles. The lowest BCUT2D eigenvalue weighted by molar-refractivity contribution is 0.100. The summed E-state index contributed by atoms with van der Waals surface area (Å²) in [5.41, 5.74) is 13.5. The van der Waals surface area contributed by atoms with Crippen molar-refractivity contribution < 1.29 is 4.79 Å². The Kier molecular flexibility index (Phi) is 5.55. The quantitative estimate of drug-likeness (QED) is 0.631. The second-order valence-electron chi connectivity index (χ2n) is 5.01. The highest BCUT2D eigenvalue weighted by Crippen LogP contribution is 2.23. The molecule has 19 heavy (non-hydrogen) atoms. The van der Waals surface area contributed by atoms with E-state index in [2.05, 4.69) is 25.8 Å². The standard InChI is InChI=1S/C15H23N3O/c1-4-5-6-11-9-12(14(19)18-15(16)17)7-8-13(11)10(2)3/h7-10H,4-6H2,1-3H3,(H4,16,17,18,19). The first-order valence-corrected chi connectivity index (χ1v) is 6.72. The molecule has 0 heterocycles. The van der Waals surface area contributed by atoms with Gasteiger partial charge in [0.25, 0.3) is 5.91 Å². The van der Waals surface area contributed by atoms with E-state index in [0.717, 1.165) is 19.3 Å². The number of guanidine groups is 1. The van der Waals surface area contributed by atoms with Gasteiger partial charge in [-0.15, -0.1) is 0 Å². The SMILES string of the molecule is CCCCc1cc(C(=O)N=C(N)N)ccc1C(C)C. The van der Waals surface area contributed by atoms with Crippen LogP contribution in [0.4, 0.5) is 0 Å². The molecule has 4 nitrogen and oxygen atoms in total. The summed E-state index contributed by atoms with van der Waals surface area (Å²) in [4.78, 5) is 15.4. The normalized spacial score (nSPS) is 10.5. The summed E-state index contributed by atoms with van der Waals surface area (Å²) in [6.45, 7) is 6.47. The van der Waals surface area contributed by atoms with Gasteiger partial charge in [0.1, 0.15) is 0 Å². The number of hydrogen-bond acceptors (Lipinski definition) is 1. The molecule has 4 heteroatoms. The van der Waals surface area contributed by atoms with Crippen LogP contribution < -0.4 is 11.5 Å². The Hall–Kier alpha value is -1.84. The van der Waals surface area contributed by atoms with Gasteiger partial charge in [-0.05, 0) is 42.0 Å². The van der Waals surface area contributed by atoms with Crippen molar-refractivity contribution in [3.05, 3.63) is 34.9 Å². The molecule has 104 valence electrons. The van der Waals surface area contributed by atoms with E-state index >= 15 is 0 Å². The van der Waals surface area contributed by atoms with Crippen molar-refractivity contribution in [2.75, 3.05) is 0 Å². The molecule has 0 fully saturated rings. The first-order chi connectivity index (χ1) is 8.95. The fraction of sp³-hybridized carbons (Fsp3) is 0.467. The predicted molar refractivity (Wildman–Crippen MR) is 79.3 cm³/mol. The van der Waals surface area contributed by atoms with Gasteiger partial charge in [0.2, 0.25) is 0 Å². The van der Waals surface area contributed by atoms with Crippen molar-refractivity contribution in [2.45, 2.75) is 46.0 Å². The van der Waals surface area contributed by atoms with Gasteiger partial charge in [0, 0.05) is 5.56 Å². The average Bonchev–Trinajstić information content (AvgIpc) is 2.34. The Morgan fingerprint density at radius 1 is 1.32 bits per heavy atom. The highest BCUT2D eigenvalue weighted by molar-refractivity contribution is 6.02. The number of amides is 1. The number of nitrogens with zero attached hydrogens (tertiary/aromatic N) is 1.